The maximum Gasteiger partial charge on any atom is 0.475 e. The summed E-state index contributed by atoms with van der Waals surface area (Å²) in [5.41, 5.74) is 1.04. The summed E-state index contributed by atoms with van der Waals surface area (Å²) in [6.07, 6.45) is 2.69. The summed E-state index contributed by atoms with van der Waals surface area (Å²) in [5, 5.41) is 28.8. The lowest BCUT2D eigenvalue weighted by atomic mass is 9.74. The van der Waals surface area contributed by atoms with Crippen LogP contribution in [-0.2, 0) is 27.4 Å². The third-order valence-corrected chi connectivity index (χ3v) is 6.25. The van der Waals surface area contributed by atoms with Crippen molar-refractivity contribution < 1.29 is 24.4 Å². The zero-order chi connectivity index (χ0) is 25.5. The first-order valence-corrected chi connectivity index (χ1v) is 12.2. The molecule has 0 fully saturated rings. The number of pyridine rings is 1. The van der Waals surface area contributed by atoms with Gasteiger partial charge in [0.1, 0.15) is 0 Å². The maximum absolute atomic E-state index is 13.5. The molecular formula is C27H32BN3O5. The molecule has 0 radical (unpaired) electrons. The van der Waals surface area contributed by atoms with E-state index in [4.69, 9.17) is 9.57 Å². The van der Waals surface area contributed by atoms with Gasteiger partial charge < -0.3 is 24.9 Å². The number of carbonyl (C=O) groups is 1. The molecule has 2 heterocycles. The van der Waals surface area contributed by atoms with Gasteiger partial charge in [-0.1, -0.05) is 73.6 Å². The van der Waals surface area contributed by atoms with Crippen molar-refractivity contribution in [3.8, 4) is 0 Å². The van der Waals surface area contributed by atoms with E-state index in [-0.39, 0.29) is 25.4 Å². The quantitative estimate of drug-likeness (QED) is 0.357. The van der Waals surface area contributed by atoms with E-state index in [0.29, 0.717) is 18.7 Å². The van der Waals surface area contributed by atoms with Gasteiger partial charge in [0.25, 0.3) is 5.91 Å². The summed E-state index contributed by atoms with van der Waals surface area (Å²) in [5.74, 6) is -1.08. The average Bonchev–Trinajstić information content (AvgIpc) is 3.28. The predicted octanol–water partition coefficient (Wildman–Crippen LogP) is 3.05. The number of amides is 1. The van der Waals surface area contributed by atoms with Crippen LogP contribution in [-0.4, -0.2) is 51.9 Å². The first kappa shape index (κ1) is 25.8. The number of ether oxygens (including phenoxy) is 1. The van der Waals surface area contributed by atoms with Crippen LogP contribution in [0, 0.1) is 5.92 Å². The normalized spacial score (nSPS) is 18.1. The van der Waals surface area contributed by atoms with Crippen LogP contribution in [0.5, 0.6) is 0 Å². The van der Waals surface area contributed by atoms with Gasteiger partial charge in [0.15, 0.2) is 0 Å². The Kier molecular flexibility index (Phi) is 8.35. The minimum atomic E-state index is -1.68. The molecule has 3 aromatic rings. The highest BCUT2D eigenvalue weighted by Gasteiger charge is 2.48. The summed E-state index contributed by atoms with van der Waals surface area (Å²) in [6, 6.07) is 19.5. The lowest BCUT2D eigenvalue weighted by Crippen LogP contribution is -2.56. The van der Waals surface area contributed by atoms with Gasteiger partial charge in [-0.3, -0.25) is 9.78 Å². The van der Waals surface area contributed by atoms with Crippen LogP contribution >= 0.6 is 0 Å². The van der Waals surface area contributed by atoms with Crippen LogP contribution in [0.3, 0.4) is 0 Å². The molecule has 1 aliphatic rings. The molecule has 3 N–H and O–H groups in total. The van der Waals surface area contributed by atoms with Crippen molar-refractivity contribution >= 4 is 29.5 Å². The Morgan fingerprint density at radius 2 is 1.86 bits per heavy atom. The number of fused-ring (bicyclic) bond motifs is 1. The van der Waals surface area contributed by atoms with E-state index in [1.807, 2.05) is 74.5 Å². The molecule has 1 amide bonds. The van der Waals surface area contributed by atoms with Crippen molar-refractivity contribution in [2.75, 3.05) is 6.61 Å². The molecule has 188 valence electrons. The molecule has 36 heavy (non-hydrogen) atoms. The molecule has 0 saturated heterocycles. The topological polar surface area (TPSA) is 113 Å². The number of hydrogen-bond acceptors (Lipinski definition) is 7. The Labute approximate surface area is 211 Å². The Hall–Kier alpha value is -3.27. The number of benzene rings is 2. The van der Waals surface area contributed by atoms with E-state index in [2.05, 4.69) is 15.5 Å². The Morgan fingerprint density at radius 3 is 2.61 bits per heavy atom. The van der Waals surface area contributed by atoms with Crippen molar-refractivity contribution in [2.45, 2.75) is 51.3 Å². The van der Waals surface area contributed by atoms with E-state index in [1.54, 1.807) is 6.20 Å². The molecule has 0 aliphatic carbocycles. The number of oxime groups is 1. The zero-order valence-corrected chi connectivity index (χ0v) is 20.6. The summed E-state index contributed by atoms with van der Waals surface area (Å²) in [6.45, 7) is 4.39. The van der Waals surface area contributed by atoms with Gasteiger partial charge in [0, 0.05) is 24.4 Å². The van der Waals surface area contributed by atoms with Crippen LogP contribution in [0.15, 0.2) is 72.0 Å². The minimum Gasteiger partial charge on any atom is -0.426 e. The zero-order valence-electron chi connectivity index (χ0n) is 20.6. The van der Waals surface area contributed by atoms with Gasteiger partial charge in [-0.15, -0.1) is 0 Å². The smallest absolute Gasteiger partial charge is 0.426 e. The number of nitrogens with zero attached hydrogens (tertiary/aromatic N) is 2. The van der Waals surface area contributed by atoms with Gasteiger partial charge in [-0.25, -0.2) is 0 Å². The second-order valence-electron chi connectivity index (χ2n) is 9.68. The molecule has 2 unspecified atom stereocenters. The first-order chi connectivity index (χ1) is 17.4. The minimum absolute atomic E-state index is 0.162. The SMILES string of the molecule is CC(C)CC(NC(=O)C1(Cc2ccccc2)CC(COCc2nccc3ccccc23)=NO1)B(O)O. The van der Waals surface area contributed by atoms with E-state index in [1.165, 1.54) is 0 Å². The third-order valence-electron chi connectivity index (χ3n) is 6.25. The largest absolute Gasteiger partial charge is 0.475 e. The van der Waals surface area contributed by atoms with Gasteiger partial charge in [-0.2, -0.15) is 0 Å². The highest BCUT2D eigenvalue weighted by molar-refractivity contribution is 6.43. The fourth-order valence-electron chi connectivity index (χ4n) is 4.47. The molecule has 0 bridgehead atoms. The molecule has 1 aromatic heterocycles. The number of hydrogen-bond donors (Lipinski definition) is 3. The van der Waals surface area contributed by atoms with E-state index in [0.717, 1.165) is 22.0 Å². The van der Waals surface area contributed by atoms with Crippen LogP contribution in [0.25, 0.3) is 10.8 Å². The fourth-order valence-corrected chi connectivity index (χ4v) is 4.47. The van der Waals surface area contributed by atoms with E-state index >= 15 is 0 Å². The maximum atomic E-state index is 13.5. The Balaban J connectivity index is 1.45. The Bertz CT molecular complexity index is 1200. The average molecular weight is 489 g/mol. The van der Waals surface area contributed by atoms with Crippen LogP contribution in [0.4, 0.5) is 0 Å². The summed E-state index contributed by atoms with van der Waals surface area (Å²) in [7, 11) is -1.68. The summed E-state index contributed by atoms with van der Waals surface area (Å²) in [4.78, 5) is 23.7. The molecular weight excluding hydrogens is 457 g/mol. The molecule has 8 nitrogen and oxygen atoms in total. The molecule has 9 heteroatoms. The number of aromatic nitrogens is 1. The molecule has 1 aliphatic heterocycles. The molecule has 2 aromatic carbocycles. The second-order valence-corrected chi connectivity index (χ2v) is 9.68. The van der Waals surface area contributed by atoms with Gasteiger partial charge in [0.2, 0.25) is 5.60 Å². The fraction of sp³-hybridized carbons (Fsp3) is 0.370. The Morgan fingerprint density at radius 1 is 1.11 bits per heavy atom. The number of rotatable bonds is 11. The van der Waals surface area contributed by atoms with Crippen molar-refractivity contribution in [3.05, 3.63) is 78.1 Å². The van der Waals surface area contributed by atoms with Crippen molar-refractivity contribution in [2.24, 2.45) is 11.1 Å². The van der Waals surface area contributed by atoms with Crippen LogP contribution in [0.1, 0.15) is 37.9 Å². The third kappa shape index (κ3) is 6.29. The molecule has 0 spiro atoms. The van der Waals surface area contributed by atoms with E-state index < -0.39 is 24.6 Å². The summed E-state index contributed by atoms with van der Waals surface area (Å²) >= 11 is 0. The lowest BCUT2D eigenvalue weighted by Gasteiger charge is -2.29. The standard InChI is InChI=1S/C27H32BN3O5/c1-19(2)14-25(28(33)34)30-26(32)27(15-20-8-4-3-5-9-20)16-22(31-36-27)17-35-18-24-23-11-7-6-10-21(23)12-13-29-24/h3-13,19,25,33-34H,14-18H2,1-2H3,(H,30,32). The van der Waals surface area contributed by atoms with Gasteiger partial charge in [0.05, 0.1) is 30.6 Å². The molecule has 0 saturated carbocycles. The molecule has 2 atom stereocenters. The number of carbonyl (C=O) groups excluding carboxylic acids is 1. The van der Waals surface area contributed by atoms with Crippen molar-refractivity contribution in [1.29, 1.82) is 0 Å². The number of nitrogens with one attached hydrogen (secondary N) is 1. The van der Waals surface area contributed by atoms with Gasteiger partial charge >= 0.3 is 7.12 Å². The predicted molar refractivity (Wildman–Crippen MR) is 139 cm³/mol. The highest BCUT2D eigenvalue weighted by Crippen LogP contribution is 2.30. The van der Waals surface area contributed by atoms with Crippen LogP contribution < -0.4 is 5.32 Å². The van der Waals surface area contributed by atoms with Crippen LogP contribution in [0.2, 0.25) is 0 Å². The highest BCUT2D eigenvalue weighted by atomic mass is 16.7. The molecule has 4 rings (SSSR count). The first-order valence-electron chi connectivity index (χ1n) is 12.2. The van der Waals surface area contributed by atoms with Crippen molar-refractivity contribution in [1.82, 2.24) is 10.3 Å². The second kappa shape index (κ2) is 11.6. The van der Waals surface area contributed by atoms with Gasteiger partial charge in [-0.05, 0) is 29.4 Å². The van der Waals surface area contributed by atoms with Crippen molar-refractivity contribution in [3.63, 3.8) is 0 Å². The van der Waals surface area contributed by atoms with E-state index in [9.17, 15) is 14.8 Å². The summed E-state index contributed by atoms with van der Waals surface area (Å²) < 4.78 is 5.92. The lowest BCUT2D eigenvalue weighted by molar-refractivity contribution is -0.144. The monoisotopic (exact) mass is 489 g/mol.